The fraction of sp³-hybridized carbons (Fsp3) is 0.758. The minimum absolute atomic E-state index is 0.0827. The number of aliphatic carboxylic acids is 2. The molecule has 3 N–H and O–H groups in total. The van der Waals surface area contributed by atoms with Gasteiger partial charge in [0.2, 0.25) is 0 Å². The Kier molecular flexibility index (Phi) is 15.7. The van der Waals surface area contributed by atoms with Crippen LogP contribution in [0.2, 0.25) is 0 Å². The maximum absolute atomic E-state index is 12.3. The van der Waals surface area contributed by atoms with Crippen LogP contribution in [0, 0.1) is 12.3 Å². The summed E-state index contributed by atoms with van der Waals surface area (Å²) in [6.07, 6.45) is 19.6. The number of aromatic hydroxyl groups is 1. The Labute approximate surface area is 232 Å². The van der Waals surface area contributed by atoms with Crippen molar-refractivity contribution < 1.29 is 24.9 Å². The van der Waals surface area contributed by atoms with Crippen LogP contribution in [0.25, 0.3) is 0 Å². The smallest absolute Gasteiger partial charge is 0.321 e. The molecule has 0 aromatic heterocycles. The molecular formula is C33H56O5. The lowest BCUT2D eigenvalue weighted by molar-refractivity contribution is -0.165. The summed E-state index contributed by atoms with van der Waals surface area (Å²) in [7, 11) is 0. The van der Waals surface area contributed by atoms with Gasteiger partial charge in [-0.1, -0.05) is 143 Å². The molecule has 1 aromatic carbocycles. The van der Waals surface area contributed by atoms with Crippen molar-refractivity contribution in [2.45, 2.75) is 156 Å². The van der Waals surface area contributed by atoms with E-state index in [-0.39, 0.29) is 24.0 Å². The molecule has 0 spiro atoms. The lowest BCUT2D eigenvalue weighted by Gasteiger charge is -2.27. The van der Waals surface area contributed by atoms with Gasteiger partial charge in [0, 0.05) is 0 Å². The fourth-order valence-corrected chi connectivity index (χ4v) is 5.40. The molecule has 0 heterocycles. The highest BCUT2D eigenvalue weighted by Crippen LogP contribution is 2.37. The summed E-state index contributed by atoms with van der Waals surface area (Å²) in [5.74, 6) is -2.38. The van der Waals surface area contributed by atoms with Crippen molar-refractivity contribution in [2.24, 2.45) is 5.41 Å². The van der Waals surface area contributed by atoms with Crippen molar-refractivity contribution in [1.29, 1.82) is 0 Å². The molecule has 1 rings (SSSR count). The van der Waals surface area contributed by atoms with E-state index in [4.69, 9.17) is 0 Å². The molecule has 38 heavy (non-hydrogen) atoms. The van der Waals surface area contributed by atoms with Crippen LogP contribution in [0.15, 0.2) is 12.1 Å². The molecule has 0 saturated heterocycles. The van der Waals surface area contributed by atoms with E-state index in [1.54, 1.807) is 19.1 Å². The summed E-state index contributed by atoms with van der Waals surface area (Å²) >= 11 is 0. The van der Waals surface area contributed by atoms with Crippen LogP contribution in [-0.4, -0.2) is 27.3 Å². The second-order valence-corrected chi connectivity index (χ2v) is 12.5. The molecule has 0 radical (unpaired) electrons. The Balaban J connectivity index is 2.43. The average molecular weight is 533 g/mol. The van der Waals surface area contributed by atoms with Crippen LogP contribution in [0.4, 0.5) is 0 Å². The van der Waals surface area contributed by atoms with Crippen LogP contribution >= 0.6 is 0 Å². The maximum Gasteiger partial charge on any atom is 0.321 e. The maximum atomic E-state index is 12.3. The van der Waals surface area contributed by atoms with Crippen LogP contribution in [0.3, 0.4) is 0 Å². The summed E-state index contributed by atoms with van der Waals surface area (Å²) in [5, 5.41) is 30.5. The summed E-state index contributed by atoms with van der Waals surface area (Å²) in [6, 6.07) is 3.50. The molecule has 5 heteroatoms. The Morgan fingerprint density at radius 3 is 1.45 bits per heavy atom. The third kappa shape index (κ3) is 11.8. The van der Waals surface area contributed by atoms with Gasteiger partial charge in [0.25, 0.3) is 0 Å². The number of carboxylic acids is 2. The number of hydrogen-bond acceptors (Lipinski definition) is 3. The van der Waals surface area contributed by atoms with Gasteiger partial charge in [-0.15, -0.1) is 0 Å². The molecule has 0 saturated carbocycles. The van der Waals surface area contributed by atoms with E-state index in [0.717, 1.165) is 19.3 Å². The van der Waals surface area contributed by atoms with Crippen molar-refractivity contribution in [3.8, 4) is 5.75 Å². The average Bonchev–Trinajstić information content (AvgIpc) is 2.84. The zero-order valence-electron chi connectivity index (χ0n) is 25.0. The summed E-state index contributed by atoms with van der Waals surface area (Å²) < 4.78 is 0. The van der Waals surface area contributed by atoms with Crippen molar-refractivity contribution in [2.75, 3.05) is 0 Å². The van der Waals surface area contributed by atoms with Crippen molar-refractivity contribution in [3.05, 3.63) is 28.8 Å². The second kappa shape index (κ2) is 17.5. The molecule has 1 aromatic rings. The van der Waals surface area contributed by atoms with Gasteiger partial charge in [0.15, 0.2) is 5.41 Å². The Morgan fingerprint density at radius 1 is 0.684 bits per heavy atom. The number of benzene rings is 1. The van der Waals surface area contributed by atoms with E-state index in [0.29, 0.717) is 23.1 Å². The predicted octanol–water partition coefficient (Wildman–Crippen LogP) is 9.35. The third-order valence-electron chi connectivity index (χ3n) is 7.95. The molecule has 0 atom stereocenters. The monoisotopic (exact) mass is 532 g/mol. The zero-order valence-corrected chi connectivity index (χ0v) is 25.0. The number of rotatable bonds is 21. The van der Waals surface area contributed by atoms with Crippen LogP contribution in [0.1, 0.15) is 154 Å². The van der Waals surface area contributed by atoms with Gasteiger partial charge in [-0.2, -0.15) is 0 Å². The van der Waals surface area contributed by atoms with E-state index in [1.165, 1.54) is 77.0 Å². The number of phenolic OH excluding ortho intramolecular Hbond substituents is 1. The van der Waals surface area contributed by atoms with Crippen molar-refractivity contribution in [3.63, 3.8) is 0 Å². The highest BCUT2D eigenvalue weighted by Gasteiger charge is 2.46. The van der Waals surface area contributed by atoms with Gasteiger partial charge in [0.05, 0.1) is 0 Å². The SMILES string of the molecule is CCCCCCCCCCCCCCCCCCC(Cc1cc(C)c(O)c(C(C)(C)C)c1)(C(=O)O)C(=O)O. The molecular weight excluding hydrogens is 476 g/mol. The molecule has 5 nitrogen and oxygen atoms in total. The number of aryl methyl sites for hydroxylation is 1. The lowest BCUT2D eigenvalue weighted by atomic mass is 9.75. The quantitative estimate of drug-likeness (QED) is 0.108. The van der Waals surface area contributed by atoms with Gasteiger partial charge in [-0.05, 0) is 41.9 Å². The topological polar surface area (TPSA) is 94.8 Å². The Bertz CT molecular complexity index is 823. The third-order valence-corrected chi connectivity index (χ3v) is 7.95. The molecule has 0 amide bonds. The predicted molar refractivity (Wildman–Crippen MR) is 157 cm³/mol. The number of carboxylic acid groups (broad SMARTS) is 2. The zero-order chi connectivity index (χ0) is 28.6. The van der Waals surface area contributed by atoms with E-state index in [2.05, 4.69) is 6.92 Å². The normalized spacial score (nSPS) is 12.1. The Morgan fingerprint density at radius 2 is 1.08 bits per heavy atom. The molecule has 0 aliphatic rings. The number of hydrogen-bond donors (Lipinski definition) is 3. The first-order valence-electron chi connectivity index (χ1n) is 15.3. The summed E-state index contributed by atoms with van der Waals surface area (Å²) in [5.41, 5.74) is -0.201. The number of carbonyl (C=O) groups is 2. The molecule has 218 valence electrons. The van der Waals surface area contributed by atoms with Crippen LogP contribution in [0.5, 0.6) is 5.75 Å². The minimum atomic E-state index is -1.85. The molecule has 0 aliphatic heterocycles. The lowest BCUT2D eigenvalue weighted by Crippen LogP contribution is -2.41. The van der Waals surface area contributed by atoms with Gasteiger partial charge >= 0.3 is 11.9 Å². The highest BCUT2D eigenvalue weighted by molar-refractivity contribution is 5.98. The Hall–Kier alpha value is -2.04. The minimum Gasteiger partial charge on any atom is -0.507 e. The molecule has 0 unspecified atom stereocenters. The highest BCUT2D eigenvalue weighted by atomic mass is 16.4. The standard InChI is InChI=1S/C33H56O5/c1-6-7-8-9-10-11-12-13-14-15-16-17-18-19-20-21-22-33(30(35)36,31(37)38)25-27-23-26(2)29(34)28(24-27)32(3,4)5/h23-24,34H,6-22,25H2,1-5H3,(H,35,36)(H,37,38). The van der Waals surface area contributed by atoms with E-state index >= 15 is 0 Å². The van der Waals surface area contributed by atoms with E-state index in [9.17, 15) is 24.9 Å². The van der Waals surface area contributed by atoms with Crippen LogP contribution < -0.4 is 0 Å². The van der Waals surface area contributed by atoms with Crippen molar-refractivity contribution >= 4 is 11.9 Å². The van der Waals surface area contributed by atoms with Gasteiger partial charge in [0.1, 0.15) is 5.75 Å². The first-order valence-corrected chi connectivity index (χ1v) is 15.3. The second-order valence-electron chi connectivity index (χ2n) is 12.5. The van der Waals surface area contributed by atoms with E-state index in [1.807, 2.05) is 20.8 Å². The van der Waals surface area contributed by atoms with Gasteiger partial charge in [-0.3, -0.25) is 9.59 Å². The first kappa shape index (κ1) is 34.0. The molecule has 0 fully saturated rings. The first-order chi connectivity index (χ1) is 18.0. The molecule has 0 bridgehead atoms. The largest absolute Gasteiger partial charge is 0.507 e. The van der Waals surface area contributed by atoms with Crippen molar-refractivity contribution in [1.82, 2.24) is 0 Å². The summed E-state index contributed by atoms with van der Waals surface area (Å²) in [6.45, 7) is 9.95. The number of unbranched alkanes of at least 4 members (excludes halogenated alkanes) is 15. The fourth-order valence-electron chi connectivity index (χ4n) is 5.40. The number of phenols is 1. The van der Waals surface area contributed by atoms with Crippen LogP contribution in [-0.2, 0) is 21.4 Å². The van der Waals surface area contributed by atoms with E-state index < -0.39 is 17.4 Å². The van der Waals surface area contributed by atoms with Gasteiger partial charge < -0.3 is 15.3 Å². The summed E-state index contributed by atoms with van der Waals surface area (Å²) in [4.78, 5) is 24.5. The molecule has 0 aliphatic carbocycles. The van der Waals surface area contributed by atoms with Gasteiger partial charge in [-0.25, -0.2) is 0 Å².